The molecule has 0 amide bonds. The van der Waals surface area contributed by atoms with Gasteiger partial charge in [-0.1, -0.05) is 36.9 Å². The molecule has 0 fully saturated rings. The average Bonchev–Trinajstić information content (AvgIpc) is 3.23. The lowest BCUT2D eigenvalue weighted by atomic mass is 10.2. The third kappa shape index (κ3) is 5.03. The second-order valence-corrected chi connectivity index (χ2v) is 6.14. The van der Waals surface area contributed by atoms with Crippen molar-refractivity contribution in [2.75, 3.05) is 0 Å². The molecule has 0 atom stereocenters. The number of hydrogen-bond donors (Lipinski definition) is 1. The van der Waals surface area contributed by atoms with Crippen molar-refractivity contribution in [3.8, 4) is 16.6 Å². The maximum Gasteiger partial charge on any atom is 0.133 e. The first-order valence-electron chi connectivity index (χ1n) is 7.84. The number of hydrogen-bond acceptors (Lipinski definition) is 5. The summed E-state index contributed by atoms with van der Waals surface area (Å²) >= 11 is 1.58. The highest BCUT2D eigenvalue weighted by Gasteiger charge is 2.05. The van der Waals surface area contributed by atoms with Crippen LogP contribution in [0.3, 0.4) is 0 Å². The second-order valence-electron chi connectivity index (χ2n) is 5.28. The molecule has 0 saturated carbocycles. The molecule has 0 spiro atoms. The van der Waals surface area contributed by atoms with Crippen LogP contribution in [0.15, 0.2) is 48.4 Å². The number of nitrogens with zero attached hydrogens (tertiary/aromatic N) is 4. The summed E-state index contributed by atoms with van der Waals surface area (Å²) in [4.78, 5) is 4.37. The van der Waals surface area contributed by atoms with Crippen molar-refractivity contribution in [3.05, 3.63) is 65.4 Å². The number of benzene rings is 1. The Balaban J connectivity index is 0.000000186. The number of nitriles is 1. The number of aromatic nitrogens is 3. The largest absolute Gasteiger partial charge is 0.506 e. The zero-order valence-corrected chi connectivity index (χ0v) is 15.1. The van der Waals surface area contributed by atoms with E-state index in [4.69, 9.17) is 10.4 Å². The van der Waals surface area contributed by atoms with E-state index in [2.05, 4.69) is 22.7 Å². The number of rotatable bonds is 4. The predicted molar refractivity (Wildman–Crippen MR) is 101 cm³/mol. The summed E-state index contributed by atoms with van der Waals surface area (Å²) < 4.78 is 1.72. The maximum absolute atomic E-state index is 9.09. The fraction of sp³-hybridized carbons (Fsp3) is 0.211. The van der Waals surface area contributed by atoms with Crippen molar-refractivity contribution in [2.45, 2.75) is 26.8 Å². The first-order chi connectivity index (χ1) is 12.0. The molecule has 0 radical (unpaired) electrons. The highest BCUT2D eigenvalue weighted by molar-refractivity contribution is 7.13. The van der Waals surface area contributed by atoms with Crippen LogP contribution >= 0.6 is 11.3 Å². The van der Waals surface area contributed by atoms with Gasteiger partial charge < -0.3 is 5.11 Å². The Kier molecular flexibility index (Phi) is 6.49. The molecular formula is C19H20N4OS. The molecule has 0 aliphatic rings. The van der Waals surface area contributed by atoms with E-state index in [-0.39, 0.29) is 5.76 Å². The van der Waals surface area contributed by atoms with Crippen LogP contribution in [0.2, 0.25) is 0 Å². The Labute approximate surface area is 151 Å². The summed E-state index contributed by atoms with van der Waals surface area (Å²) in [6.07, 6.45) is 0.392. The minimum atomic E-state index is 0.0763. The van der Waals surface area contributed by atoms with Crippen LogP contribution in [0.5, 0.6) is 0 Å². The van der Waals surface area contributed by atoms with E-state index < -0.39 is 0 Å². The topological polar surface area (TPSA) is 74.7 Å². The summed E-state index contributed by atoms with van der Waals surface area (Å²) in [5, 5.41) is 24.7. The van der Waals surface area contributed by atoms with Gasteiger partial charge in [0.05, 0.1) is 23.9 Å². The third-order valence-corrected chi connectivity index (χ3v) is 4.27. The number of thiazole rings is 1. The molecule has 25 heavy (non-hydrogen) atoms. The van der Waals surface area contributed by atoms with E-state index in [1.165, 1.54) is 0 Å². The van der Waals surface area contributed by atoms with E-state index >= 15 is 0 Å². The minimum absolute atomic E-state index is 0.0763. The first-order valence-corrected chi connectivity index (χ1v) is 8.72. The molecule has 0 bridgehead atoms. The van der Waals surface area contributed by atoms with E-state index in [1.807, 2.05) is 55.6 Å². The van der Waals surface area contributed by atoms with Gasteiger partial charge in [0.2, 0.25) is 0 Å². The molecular weight excluding hydrogens is 332 g/mol. The zero-order valence-electron chi connectivity index (χ0n) is 14.3. The van der Waals surface area contributed by atoms with Crippen molar-refractivity contribution in [1.29, 1.82) is 5.26 Å². The quantitative estimate of drug-likeness (QED) is 0.695. The SMILES string of the molecule is C=C(O)c1cc(C)nn1CC.N#CCc1csc(-c2ccccc2)n1. The second kappa shape index (κ2) is 8.81. The Morgan fingerprint density at radius 2 is 2.08 bits per heavy atom. The van der Waals surface area contributed by atoms with Gasteiger partial charge in [0, 0.05) is 17.5 Å². The molecule has 6 heteroatoms. The van der Waals surface area contributed by atoms with E-state index in [9.17, 15) is 0 Å². The Morgan fingerprint density at radius 3 is 2.64 bits per heavy atom. The van der Waals surface area contributed by atoms with Crippen molar-refractivity contribution in [3.63, 3.8) is 0 Å². The first kappa shape index (κ1) is 18.4. The highest BCUT2D eigenvalue weighted by atomic mass is 32.1. The fourth-order valence-electron chi connectivity index (χ4n) is 2.20. The standard InChI is InChI=1S/C11H8N2S.C8H12N2O/c12-7-6-10-8-14-11(13-10)9-4-2-1-3-5-9;1-4-10-8(7(3)11)5-6(2)9-10/h1-5,8H,6H2;5,11H,3-4H2,1-2H3. The van der Waals surface area contributed by atoms with Crippen molar-refractivity contribution < 1.29 is 5.11 Å². The molecule has 0 aliphatic heterocycles. The molecule has 5 nitrogen and oxygen atoms in total. The molecule has 3 aromatic rings. The predicted octanol–water partition coefficient (Wildman–Crippen LogP) is 4.62. The molecule has 2 heterocycles. The van der Waals surface area contributed by atoms with Crippen molar-refractivity contribution in [1.82, 2.24) is 14.8 Å². The van der Waals surface area contributed by atoms with Gasteiger partial charge in [-0.15, -0.1) is 11.3 Å². The number of aliphatic hydroxyl groups excluding tert-OH is 1. The monoisotopic (exact) mass is 352 g/mol. The van der Waals surface area contributed by atoms with Gasteiger partial charge in [0.15, 0.2) is 0 Å². The van der Waals surface area contributed by atoms with Crippen LogP contribution in [0, 0.1) is 18.3 Å². The van der Waals surface area contributed by atoms with Gasteiger partial charge in [-0.2, -0.15) is 10.4 Å². The summed E-state index contributed by atoms with van der Waals surface area (Å²) in [6, 6.07) is 13.9. The number of aliphatic hydroxyl groups is 1. The molecule has 1 aromatic carbocycles. The normalized spacial score (nSPS) is 9.80. The molecule has 2 aromatic heterocycles. The molecule has 0 saturated heterocycles. The Morgan fingerprint density at radius 1 is 1.36 bits per heavy atom. The minimum Gasteiger partial charge on any atom is -0.506 e. The van der Waals surface area contributed by atoms with Gasteiger partial charge in [-0.05, 0) is 19.9 Å². The molecule has 128 valence electrons. The van der Waals surface area contributed by atoms with Crippen molar-refractivity contribution >= 4 is 17.1 Å². The van der Waals surface area contributed by atoms with Crippen LogP contribution in [0.4, 0.5) is 0 Å². The van der Waals surface area contributed by atoms with Crippen LogP contribution in [0.25, 0.3) is 16.3 Å². The summed E-state index contributed by atoms with van der Waals surface area (Å²) in [7, 11) is 0. The maximum atomic E-state index is 9.09. The van der Waals surface area contributed by atoms with Crippen LogP contribution in [0.1, 0.15) is 24.0 Å². The molecule has 1 N–H and O–H groups in total. The van der Waals surface area contributed by atoms with Crippen molar-refractivity contribution in [2.24, 2.45) is 0 Å². The van der Waals surface area contributed by atoms with Gasteiger partial charge in [0.1, 0.15) is 16.5 Å². The zero-order chi connectivity index (χ0) is 18.2. The van der Waals surface area contributed by atoms with Gasteiger partial charge in [-0.25, -0.2) is 4.98 Å². The van der Waals surface area contributed by atoms with Gasteiger partial charge >= 0.3 is 0 Å². The molecule has 0 unspecified atom stereocenters. The van der Waals surface area contributed by atoms with Gasteiger partial charge in [0.25, 0.3) is 0 Å². The fourth-order valence-corrected chi connectivity index (χ4v) is 3.03. The lowest BCUT2D eigenvalue weighted by Crippen LogP contribution is -2.01. The Hall–Kier alpha value is -2.91. The lowest BCUT2D eigenvalue weighted by molar-refractivity contribution is 0.497. The van der Waals surface area contributed by atoms with Crippen LogP contribution in [-0.2, 0) is 13.0 Å². The molecule has 0 aliphatic carbocycles. The lowest BCUT2D eigenvalue weighted by Gasteiger charge is -2.00. The highest BCUT2D eigenvalue weighted by Crippen LogP contribution is 2.23. The van der Waals surface area contributed by atoms with Crippen LogP contribution < -0.4 is 0 Å². The summed E-state index contributed by atoms with van der Waals surface area (Å²) in [6.45, 7) is 8.05. The van der Waals surface area contributed by atoms with E-state index in [0.717, 1.165) is 28.5 Å². The van der Waals surface area contributed by atoms with E-state index in [1.54, 1.807) is 16.0 Å². The van der Waals surface area contributed by atoms with E-state index in [0.29, 0.717) is 12.1 Å². The smallest absolute Gasteiger partial charge is 0.133 e. The summed E-state index contributed by atoms with van der Waals surface area (Å²) in [5.41, 5.74) is 3.57. The number of aryl methyl sites for hydroxylation is 2. The van der Waals surface area contributed by atoms with Gasteiger partial charge in [-0.3, -0.25) is 4.68 Å². The Bertz CT molecular complexity index is 874. The van der Waals surface area contributed by atoms with Crippen LogP contribution in [-0.4, -0.2) is 19.9 Å². The summed E-state index contributed by atoms with van der Waals surface area (Å²) in [5.74, 6) is 0.0763. The third-order valence-electron chi connectivity index (χ3n) is 3.33. The molecule has 3 rings (SSSR count). The average molecular weight is 352 g/mol.